The van der Waals surface area contributed by atoms with E-state index < -0.39 is 0 Å². The number of hydrogen-bond acceptors (Lipinski definition) is 3. The lowest BCUT2D eigenvalue weighted by Crippen LogP contribution is -2.35. The van der Waals surface area contributed by atoms with E-state index in [-0.39, 0.29) is 11.4 Å². The van der Waals surface area contributed by atoms with Crippen LogP contribution in [-0.2, 0) is 13.0 Å². The van der Waals surface area contributed by atoms with Crippen molar-refractivity contribution in [2.45, 2.75) is 39.3 Å². The molecule has 0 aliphatic heterocycles. The quantitative estimate of drug-likeness (QED) is 0.854. The molecule has 0 saturated carbocycles. The van der Waals surface area contributed by atoms with E-state index in [2.05, 4.69) is 37.5 Å². The Morgan fingerprint density at radius 2 is 2.00 bits per heavy atom. The molecule has 0 amide bonds. The van der Waals surface area contributed by atoms with Crippen LogP contribution in [0, 0.1) is 5.82 Å². The summed E-state index contributed by atoms with van der Waals surface area (Å²) in [4.78, 5) is 0. The molecule has 114 valence electrons. The molecule has 2 rings (SSSR count). The van der Waals surface area contributed by atoms with Crippen molar-refractivity contribution in [3.05, 3.63) is 52.0 Å². The SMILES string of the molecule is CC(C)(C)NCc1ccc(OCCc2ccsc2)c(F)c1. The van der Waals surface area contributed by atoms with Crippen LogP contribution >= 0.6 is 11.3 Å². The summed E-state index contributed by atoms with van der Waals surface area (Å²) in [6, 6.07) is 7.22. The third kappa shape index (κ3) is 5.48. The Bertz CT molecular complexity index is 561. The Labute approximate surface area is 130 Å². The van der Waals surface area contributed by atoms with E-state index in [4.69, 9.17) is 4.74 Å². The highest BCUT2D eigenvalue weighted by atomic mass is 32.1. The first-order valence-electron chi connectivity index (χ1n) is 7.11. The van der Waals surface area contributed by atoms with Crippen LogP contribution in [0.25, 0.3) is 0 Å². The molecule has 1 aromatic heterocycles. The van der Waals surface area contributed by atoms with E-state index >= 15 is 0 Å². The summed E-state index contributed by atoms with van der Waals surface area (Å²) in [6.45, 7) is 7.41. The smallest absolute Gasteiger partial charge is 0.165 e. The van der Waals surface area contributed by atoms with Crippen LogP contribution in [0.1, 0.15) is 31.9 Å². The van der Waals surface area contributed by atoms with Crippen molar-refractivity contribution in [3.63, 3.8) is 0 Å². The number of halogens is 1. The molecule has 0 spiro atoms. The topological polar surface area (TPSA) is 21.3 Å². The van der Waals surface area contributed by atoms with Gasteiger partial charge in [-0.2, -0.15) is 11.3 Å². The lowest BCUT2D eigenvalue weighted by molar-refractivity contribution is 0.305. The van der Waals surface area contributed by atoms with Crippen LogP contribution in [0.4, 0.5) is 4.39 Å². The standard InChI is InChI=1S/C17H22FNOS/c1-17(2,3)19-11-14-4-5-16(15(18)10-14)20-8-6-13-7-9-21-12-13/h4-5,7,9-10,12,19H,6,8,11H2,1-3H3. The second-order valence-corrected chi connectivity index (χ2v) is 6.88. The maximum Gasteiger partial charge on any atom is 0.165 e. The first kappa shape index (κ1) is 16.0. The largest absolute Gasteiger partial charge is 0.490 e. The fourth-order valence-electron chi connectivity index (χ4n) is 1.85. The lowest BCUT2D eigenvalue weighted by Gasteiger charge is -2.20. The van der Waals surface area contributed by atoms with Gasteiger partial charge in [-0.3, -0.25) is 0 Å². The van der Waals surface area contributed by atoms with Crippen LogP contribution in [0.3, 0.4) is 0 Å². The first-order chi connectivity index (χ1) is 9.94. The van der Waals surface area contributed by atoms with Gasteiger partial charge < -0.3 is 10.1 Å². The van der Waals surface area contributed by atoms with Gasteiger partial charge in [-0.15, -0.1) is 0 Å². The summed E-state index contributed by atoms with van der Waals surface area (Å²) in [5.74, 6) is 0.0262. The molecule has 0 saturated heterocycles. The Morgan fingerprint density at radius 3 is 2.62 bits per heavy atom. The van der Waals surface area contributed by atoms with Crippen LogP contribution in [0.2, 0.25) is 0 Å². The van der Waals surface area contributed by atoms with E-state index in [0.29, 0.717) is 18.9 Å². The van der Waals surface area contributed by atoms with Crippen molar-refractivity contribution in [2.24, 2.45) is 0 Å². The number of ether oxygens (including phenoxy) is 1. The average molecular weight is 307 g/mol. The predicted molar refractivity (Wildman–Crippen MR) is 86.5 cm³/mol. The minimum atomic E-state index is -0.298. The molecule has 1 heterocycles. The number of hydrogen-bond donors (Lipinski definition) is 1. The highest BCUT2D eigenvalue weighted by Gasteiger charge is 2.10. The molecule has 0 bridgehead atoms. The van der Waals surface area contributed by atoms with Crippen molar-refractivity contribution in [2.75, 3.05) is 6.61 Å². The van der Waals surface area contributed by atoms with Crippen LogP contribution in [0.5, 0.6) is 5.75 Å². The molecule has 0 radical (unpaired) electrons. The highest BCUT2D eigenvalue weighted by molar-refractivity contribution is 7.07. The molecule has 0 aliphatic rings. The van der Waals surface area contributed by atoms with Gasteiger partial charge in [0.05, 0.1) is 6.61 Å². The van der Waals surface area contributed by atoms with E-state index in [1.54, 1.807) is 23.5 Å². The van der Waals surface area contributed by atoms with Gasteiger partial charge in [-0.25, -0.2) is 4.39 Å². The minimum absolute atomic E-state index is 0.0200. The highest BCUT2D eigenvalue weighted by Crippen LogP contribution is 2.19. The van der Waals surface area contributed by atoms with E-state index in [1.807, 2.05) is 11.4 Å². The lowest BCUT2D eigenvalue weighted by atomic mass is 10.1. The van der Waals surface area contributed by atoms with Crippen molar-refractivity contribution in [3.8, 4) is 5.75 Å². The molecule has 2 aromatic rings. The zero-order valence-corrected chi connectivity index (χ0v) is 13.6. The van der Waals surface area contributed by atoms with Crippen molar-refractivity contribution in [1.29, 1.82) is 0 Å². The van der Waals surface area contributed by atoms with Gasteiger partial charge >= 0.3 is 0 Å². The maximum atomic E-state index is 14.0. The monoisotopic (exact) mass is 307 g/mol. The minimum Gasteiger partial charge on any atom is -0.490 e. The Morgan fingerprint density at radius 1 is 1.19 bits per heavy atom. The third-order valence-electron chi connectivity index (χ3n) is 3.05. The molecular formula is C17H22FNOS. The Balaban J connectivity index is 1.86. The third-order valence-corrected chi connectivity index (χ3v) is 3.78. The normalized spacial score (nSPS) is 11.6. The number of nitrogens with one attached hydrogen (secondary N) is 1. The number of thiophene rings is 1. The molecule has 2 nitrogen and oxygen atoms in total. The van der Waals surface area contributed by atoms with Crippen LogP contribution in [0.15, 0.2) is 35.0 Å². The summed E-state index contributed by atoms with van der Waals surface area (Å²) < 4.78 is 19.5. The van der Waals surface area contributed by atoms with Gasteiger partial charge in [-0.05, 0) is 60.9 Å². The van der Waals surface area contributed by atoms with Crippen molar-refractivity contribution in [1.82, 2.24) is 5.32 Å². The molecular weight excluding hydrogens is 285 g/mol. The van der Waals surface area contributed by atoms with E-state index in [1.165, 1.54) is 5.56 Å². The zero-order valence-electron chi connectivity index (χ0n) is 12.8. The van der Waals surface area contributed by atoms with Gasteiger partial charge in [0.15, 0.2) is 11.6 Å². The maximum absolute atomic E-state index is 14.0. The summed E-state index contributed by atoms with van der Waals surface area (Å²) in [5.41, 5.74) is 2.17. The fourth-order valence-corrected chi connectivity index (χ4v) is 2.56. The molecule has 0 atom stereocenters. The molecule has 1 aromatic carbocycles. The second kappa shape index (κ2) is 7.05. The van der Waals surface area contributed by atoms with Crippen molar-refractivity contribution < 1.29 is 9.13 Å². The Kier molecular flexibility index (Phi) is 5.37. The molecule has 21 heavy (non-hydrogen) atoms. The Hall–Kier alpha value is -1.39. The van der Waals surface area contributed by atoms with E-state index in [9.17, 15) is 4.39 Å². The summed E-state index contributed by atoms with van der Waals surface area (Å²) in [7, 11) is 0. The van der Waals surface area contributed by atoms with Gasteiger partial charge in [0.2, 0.25) is 0 Å². The molecule has 4 heteroatoms. The zero-order chi connectivity index (χ0) is 15.3. The van der Waals surface area contributed by atoms with Gasteiger partial charge in [0.25, 0.3) is 0 Å². The molecule has 0 fully saturated rings. The molecule has 1 N–H and O–H groups in total. The van der Waals surface area contributed by atoms with Crippen LogP contribution in [-0.4, -0.2) is 12.1 Å². The van der Waals surface area contributed by atoms with Gasteiger partial charge in [0, 0.05) is 18.5 Å². The first-order valence-corrected chi connectivity index (χ1v) is 8.06. The van der Waals surface area contributed by atoms with Crippen LogP contribution < -0.4 is 10.1 Å². The fraction of sp³-hybridized carbons (Fsp3) is 0.412. The predicted octanol–water partition coefficient (Wildman–Crippen LogP) is 4.40. The van der Waals surface area contributed by atoms with E-state index in [0.717, 1.165) is 12.0 Å². The molecule has 0 aliphatic carbocycles. The number of rotatable bonds is 6. The number of benzene rings is 1. The second-order valence-electron chi connectivity index (χ2n) is 6.10. The summed E-state index contributed by atoms with van der Waals surface area (Å²) in [5, 5.41) is 7.46. The van der Waals surface area contributed by atoms with Gasteiger partial charge in [0.1, 0.15) is 0 Å². The summed E-state index contributed by atoms with van der Waals surface area (Å²) >= 11 is 1.66. The van der Waals surface area contributed by atoms with Crippen molar-refractivity contribution >= 4 is 11.3 Å². The molecule has 0 unspecified atom stereocenters. The van der Waals surface area contributed by atoms with Gasteiger partial charge in [-0.1, -0.05) is 6.07 Å². The average Bonchev–Trinajstić information content (AvgIpc) is 2.91. The summed E-state index contributed by atoms with van der Waals surface area (Å²) in [6.07, 6.45) is 0.802.